The SMILES string of the molecule is Cc1cccc(N2Cc3ccc(N)cc3C2)n1. The van der Waals surface area contributed by atoms with Crippen molar-refractivity contribution in [2.24, 2.45) is 0 Å². The fourth-order valence-corrected chi connectivity index (χ4v) is 2.28. The normalized spacial score (nSPS) is 13.8. The fraction of sp³-hybridized carbons (Fsp3) is 0.214. The number of benzene rings is 1. The predicted molar refractivity (Wildman–Crippen MR) is 69.7 cm³/mol. The smallest absolute Gasteiger partial charge is 0.129 e. The number of hydrogen-bond acceptors (Lipinski definition) is 3. The molecular weight excluding hydrogens is 210 g/mol. The van der Waals surface area contributed by atoms with Crippen LogP contribution in [0.4, 0.5) is 11.5 Å². The quantitative estimate of drug-likeness (QED) is 0.758. The van der Waals surface area contributed by atoms with E-state index in [0.717, 1.165) is 30.3 Å². The molecule has 0 aliphatic carbocycles. The van der Waals surface area contributed by atoms with Crippen molar-refractivity contribution in [1.29, 1.82) is 0 Å². The Morgan fingerprint density at radius 2 is 1.94 bits per heavy atom. The lowest BCUT2D eigenvalue weighted by molar-refractivity contribution is 0.852. The number of fused-ring (bicyclic) bond motifs is 1. The second kappa shape index (κ2) is 3.77. The molecule has 2 heterocycles. The van der Waals surface area contributed by atoms with Crippen LogP contribution in [0.3, 0.4) is 0 Å². The lowest BCUT2D eigenvalue weighted by atomic mass is 10.1. The summed E-state index contributed by atoms with van der Waals surface area (Å²) in [4.78, 5) is 6.83. The number of aryl methyl sites for hydroxylation is 1. The molecule has 1 aromatic carbocycles. The molecule has 0 radical (unpaired) electrons. The summed E-state index contributed by atoms with van der Waals surface area (Å²) in [5, 5.41) is 0. The van der Waals surface area contributed by atoms with E-state index in [9.17, 15) is 0 Å². The molecule has 0 amide bonds. The zero-order chi connectivity index (χ0) is 11.8. The standard InChI is InChI=1S/C14H15N3/c1-10-3-2-4-14(16-10)17-8-11-5-6-13(15)7-12(11)9-17/h2-7H,8-9,15H2,1H3. The van der Waals surface area contributed by atoms with Crippen molar-refractivity contribution < 1.29 is 0 Å². The molecule has 1 aliphatic rings. The second-order valence-corrected chi connectivity index (χ2v) is 4.52. The van der Waals surface area contributed by atoms with Crippen molar-refractivity contribution in [3.05, 3.63) is 53.2 Å². The molecule has 17 heavy (non-hydrogen) atoms. The molecule has 0 saturated heterocycles. The van der Waals surface area contributed by atoms with Crippen molar-refractivity contribution in [2.75, 3.05) is 10.6 Å². The van der Waals surface area contributed by atoms with Crippen molar-refractivity contribution in [3.8, 4) is 0 Å². The van der Waals surface area contributed by atoms with E-state index in [4.69, 9.17) is 5.73 Å². The van der Waals surface area contributed by atoms with Crippen LogP contribution in [0.25, 0.3) is 0 Å². The number of rotatable bonds is 1. The van der Waals surface area contributed by atoms with Gasteiger partial charge in [-0.25, -0.2) is 4.98 Å². The highest BCUT2D eigenvalue weighted by Crippen LogP contribution is 2.28. The monoisotopic (exact) mass is 225 g/mol. The molecule has 3 heteroatoms. The van der Waals surface area contributed by atoms with Gasteiger partial charge in [-0.3, -0.25) is 0 Å². The molecule has 0 fully saturated rings. The maximum Gasteiger partial charge on any atom is 0.129 e. The minimum absolute atomic E-state index is 0.836. The minimum Gasteiger partial charge on any atom is -0.399 e. The summed E-state index contributed by atoms with van der Waals surface area (Å²) < 4.78 is 0. The van der Waals surface area contributed by atoms with Crippen LogP contribution in [0, 0.1) is 6.92 Å². The minimum atomic E-state index is 0.836. The maximum atomic E-state index is 5.80. The van der Waals surface area contributed by atoms with E-state index in [1.54, 1.807) is 0 Å². The Hall–Kier alpha value is -2.03. The highest BCUT2D eigenvalue weighted by molar-refractivity contribution is 5.52. The van der Waals surface area contributed by atoms with Crippen LogP contribution in [0.5, 0.6) is 0 Å². The zero-order valence-electron chi connectivity index (χ0n) is 9.85. The fourth-order valence-electron chi connectivity index (χ4n) is 2.28. The van der Waals surface area contributed by atoms with Gasteiger partial charge in [0, 0.05) is 24.5 Å². The number of aromatic nitrogens is 1. The van der Waals surface area contributed by atoms with Gasteiger partial charge in [0.15, 0.2) is 0 Å². The highest BCUT2D eigenvalue weighted by atomic mass is 15.2. The first-order valence-electron chi connectivity index (χ1n) is 5.78. The molecule has 2 N–H and O–H groups in total. The van der Waals surface area contributed by atoms with Gasteiger partial charge < -0.3 is 10.6 Å². The molecule has 1 aromatic heterocycles. The zero-order valence-corrected chi connectivity index (χ0v) is 9.85. The molecule has 1 aliphatic heterocycles. The lowest BCUT2D eigenvalue weighted by Gasteiger charge is -2.16. The van der Waals surface area contributed by atoms with Gasteiger partial charge in [0.05, 0.1) is 0 Å². The summed E-state index contributed by atoms with van der Waals surface area (Å²) in [6, 6.07) is 12.3. The Bertz CT molecular complexity index is 563. The summed E-state index contributed by atoms with van der Waals surface area (Å²) in [7, 11) is 0. The maximum absolute atomic E-state index is 5.80. The Balaban J connectivity index is 1.91. The molecule has 0 unspecified atom stereocenters. The Labute approximate surface area is 101 Å². The van der Waals surface area contributed by atoms with Crippen LogP contribution in [-0.4, -0.2) is 4.98 Å². The Kier molecular flexibility index (Phi) is 2.25. The van der Waals surface area contributed by atoms with Gasteiger partial charge in [-0.15, -0.1) is 0 Å². The van der Waals surface area contributed by atoms with Crippen molar-refractivity contribution in [1.82, 2.24) is 4.98 Å². The number of anilines is 2. The molecule has 86 valence electrons. The Morgan fingerprint density at radius 1 is 1.12 bits per heavy atom. The van der Waals surface area contributed by atoms with Gasteiger partial charge in [-0.05, 0) is 42.3 Å². The van der Waals surface area contributed by atoms with Crippen LogP contribution in [0.2, 0.25) is 0 Å². The summed E-state index contributed by atoms with van der Waals surface area (Å²) in [6.07, 6.45) is 0. The summed E-state index contributed by atoms with van der Waals surface area (Å²) in [5.74, 6) is 1.04. The van der Waals surface area contributed by atoms with Crippen LogP contribution in [0.1, 0.15) is 16.8 Å². The predicted octanol–water partition coefficient (Wildman–Crippen LogP) is 2.49. The van der Waals surface area contributed by atoms with Crippen molar-refractivity contribution in [2.45, 2.75) is 20.0 Å². The first-order valence-corrected chi connectivity index (χ1v) is 5.78. The van der Waals surface area contributed by atoms with Gasteiger partial charge in [0.1, 0.15) is 5.82 Å². The number of pyridine rings is 1. The van der Waals surface area contributed by atoms with Crippen LogP contribution in [0.15, 0.2) is 36.4 Å². The average molecular weight is 225 g/mol. The van der Waals surface area contributed by atoms with Gasteiger partial charge >= 0.3 is 0 Å². The number of nitrogens with zero attached hydrogens (tertiary/aromatic N) is 2. The van der Waals surface area contributed by atoms with E-state index in [0.29, 0.717) is 0 Å². The molecule has 0 bridgehead atoms. The Morgan fingerprint density at radius 3 is 2.76 bits per heavy atom. The first-order chi connectivity index (χ1) is 8.22. The molecule has 0 saturated carbocycles. The molecule has 3 nitrogen and oxygen atoms in total. The van der Waals surface area contributed by atoms with Crippen molar-refractivity contribution >= 4 is 11.5 Å². The van der Waals surface area contributed by atoms with E-state index in [1.807, 2.05) is 19.1 Å². The summed E-state index contributed by atoms with van der Waals surface area (Å²) in [5.41, 5.74) is 10.4. The van der Waals surface area contributed by atoms with E-state index < -0.39 is 0 Å². The lowest BCUT2D eigenvalue weighted by Crippen LogP contribution is -2.16. The molecular formula is C14H15N3. The first kappa shape index (κ1) is 10.1. The summed E-state index contributed by atoms with van der Waals surface area (Å²) >= 11 is 0. The van der Waals surface area contributed by atoms with E-state index in [1.165, 1.54) is 11.1 Å². The van der Waals surface area contributed by atoms with E-state index >= 15 is 0 Å². The van der Waals surface area contributed by atoms with Crippen LogP contribution < -0.4 is 10.6 Å². The van der Waals surface area contributed by atoms with Crippen LogP contribution >= 0.6 is 0 Å². The number of hydrogen-bond donors (Lipinski definition) is 1. The largest absolute Gasteiger partial charge is 0.399 e. The average Bonchev–Trinajstić information content (AvgIpc) is 2.72. The van der Waals surface area contributed by atoms with E-state index in [-0.39, 0.29) is 0 Å². The van der Waals surface area contributed by atoms with Crippen molar-refractivity contribution in [3.63, 3.8) is 0 Å². The number of nitrogens with two attached hydrogens (primary N) is 1. The highest BCUT2D eigenvalue weighted by Gasteiger charge is 2.19. The third kappa shape index (κ3) is 1.84. The third-order valence-electron chi connectivity index (χ3n) is 3.15. The van der Waals surface area contributed by atoms with Gasteiger partial charge in [0.25, 0.3) is 0 Å². The second-order valence-electron chi connectivity index (χ2n) is 4.52. The van der Waals surface area contributed by atoms with Crippen LogP contribution in [-0.2, 0) is 13.1 Å². The molecule has 3 rings (SSSR count). The van der Waals surface area contributed by atoms with E-state index in [2.05, 4.69) is 34.1 Å². The number of nitrogen functional groups attached to an aromatic ring is 1. The molecule has 2 aromatic rings. The summed E-state index contributed by atoms with van der Waals surface area (Å²) in [6.45, 7) is 3.84. The van der Waals surface area contributed by atoms with Gasteiger partial charge in [0.2, 0.25) is 0 Å². The van der Waals surface area contributed by atoms with Gasteiger partial charge in [-0.2, -0.15) is 0 Å². The molecule has 0 atom stereocenters. The van der Waals surface area contributed by atoms with Gasteiger partial charge in [-0.1, -0.05) is 12.1 Å². The molecule has 0 spiro atoms. The topological polar surface area (TPSA) is 42.1 Å². The third-order valence-corrected chi connectivity index (χ3v) is 3.15.